The molecule has 0 saturated carbocycles. The first-order chi connectivity index (χ1) is 6.04. The third kappa shape index (κ3) is 2.18. The number of rotatable bonds is 2. The van der Waals surface area contributed by atoms with Crippen LogP contribution in [0.2, 0.25) is 5.02 Å². The summed E-state index contributed by atoms with van der Waals surface area (Å²) in [5.74, 6) is -0.603. The Kier molecular flexibility index (Phi) is 3.25. The van der Waals surface area contributed by atoms with Crippen molar-refractivity contribution in [1.29, 1.82) is 0 Å². The molecule has 0 amide bonds. The molecule has 13 heavy (non-hydrogen) atoms. The Morgan fingerprint density at radius 2 is 2.15 bits per heavy atom. The second kappa shape index (κ2) is 4.05. The molecule has 1 rings (SSSR count). The number of nitrogens with two attached hydrogens (primary N) is 1. The van der Waals surface area contributed by atoms with Gasteiger partial charge in [-0.25, -0.2) is 4.39 Å². The quantitative estimate of drug-likeness (QED) is 0.771. The molecule has 4 heteroatoms. The molecule has 0 aliphatic carbocycles. The van der Waals surface area contributed by atoms with Gasteiger partial charge in [0.25, 0.3) is 0 Å². The normalized spacial score (nSPS) is 15.5. The summed E-state index contributed by atoms with van der Waals surface area (Å²) in [6.07, 6.45) is -1.02. The van der Waals surface area contributed by atoms with Gasteiger partial charge < -0.3 is 10.8 Å². The maximum Gasteiger partial charge on any atom is 0.147 e. The van der Waals surface area contributed by atoms with E-state index in [0.29, 0.717) is 0 Å². The van der Waals surface area contributed by atoms with Crippen molar-refractivity contribution in [2.24, 2.45) is 5.73 Å². The fourth-order valence-corrected chi connectivity index (χ4v) is 1.21. The number of halogens is 2. The minimum atomic E-state index is -1.02. The summed E-state index contributed by atoms with van der Waals surface area (Å²) in [4.78, 5) is 0. The smallest absolute Gasteiger partial charge is 0.147 e. The van der Waals surface area contributed by atoms with Crippen molar-refractivity contribution in [3.63, 3.8) is 0 Å². The number of hydrogen-bond acceptors (Lipinski definition) is 2. The molecule has 1 aromatic carbocycles. The summed E-state index contributed by atoms with van der Waals surface area (Å²) < 4.78 is 13.3. The van der Waals surface area contributed by atoms with Crippen molar-refractivity contribution in [3.8, 4) is 0 Å². The lowest BCUT2D eigenvalue weighted by molar-refractivity contribution is 0.149. The Hall–Kier alpha value is -0.640. The Morgan fingerprint density at radius 1 is 1.54 bits per heavy atom. The van der Waals surface area contributed by atoms with Crippen LogP contribution in [0.1, 0.15) is 18.6 Å². The minimum Gasteiger partial charge on any atom is -0.387 e. The van der Waals surface area contributed by atoms with Gasteiger partial charge in [-0.2, -0.15) is 0 Å². The van der Waals surface area contributed by atoms with Crippen LogP contribution >= 0.6 is 11.6 Å². The van der Waals surface area contributed by atoms with Crippen molar-refractivity contribution in [3.05, 3.63) is 34.6 Å². The van der Waals surface area contributed by atoms with E-state index in [4.69, 9.17) is 17.3 Å². The molecule has 0 fully saturated rings. The van der Waals surface area contributed by atoms with Crippen molar-refractivity contribution in [2.75, 3.05) is 0 Å². The van der Waals surface area contributed by atoms with E-state index in [0.717, 1.165) is 0 Å². The van der Waals surface area contributed by atoms with Gasteiger partial charge in [0.2, 0.25) is 0 Å². The highest BCUT2D eigenvalue weighted by Crippen LogP contribution is 2.24. The SMILES string of the molecule is CC(N)C(O)c1cccc(Cl)c1F. The zero-order chi connectivity index (χ0) is 10.0. The van der Waals surface area contributed by atoms with Gasteiger partial charge in [-0.15, -0.1) is 0 Å². The highest BCUT2D eigenvalue weighted by molar-refractivity contribution is 6.30. The van der Waals surface area contributed by atoms with E-state index >= 15 is 0 Å². The summed E-state index contributed by atoms with van der Waals surface area (Å²) in [7, 11) is 0. The number of hydrogen-bond donors (Lipinski definition) is 2. The minimum absolute atomic E-state index is 0.00259. The first-order valence-corrected chi connectivity index (χ1v) is 4.29. The Balaban J connectivity index is 3.07. The third-order valence-corrected chi connectivity index (χ3v) is 2.09. The summed E-state index contributed by atoms with van der Waals surface area (Å²) in [6, 6.07) is 3.95. The van der Waals surface area contributed by atoms with Crippen LogP contribution in [0.15, 0.2) is 18.2 Å². The average molecular weight is 204 g/mol. The first kappa shape index (κ1) is 10.4. The summed E-state index contributed by atoms with van der Waals surface area (Å²) in [5, 5.41) is 9.48. The van der Waals surface area contributed by atoms with E-state index in [1.807, 2.05) is 0 Å². The standard InChI is InChI=1S/C9H11ClFNO/c1-5(12)9(13)6-3-2-4-7(10)8(6)11/h2-5,9,13H,12H2,1H3. The van der Waals surface area contributed by atoms with E-state index < -0.39 is 18.0 Å². The monoisotopic (exact) mass is 203 g/mol. The molecule has 0 spiro atoms. The van der Waals surface area contributed by atoms with Crippen LogP contribution in [0.5, 0.6) is 0 Å². The summed E-state index contributed by atoms with van der Waals surface area (Å²) in [5.41, 5.74) is 5.57. The average Bonchev–Trinajstić information content (AvgIpc) is 2.08. The zero-order valence-electron chi connectivity index (χ0n) is 7.17. The lowest BCUT2D eigenvalue weighted by Gasteiger charge is -2.15. The molecule has 1 aromatic rings. The fourth-order valence-electron chi connectivity index (χ4n) is 1.03. The van der Waals surface area contributed by atoms with Gasteiger partial charge in [-0.05, 0) is 13.0 Å². The number of aliphatic hydroxyl groups is 1. The Labute approximate surface area is 81.1 Å². The van der Waals surface area contributed by atoms with Crippen LogP contribution in [-0.4, -0.2) is 11.1 Å². The molecule has 0 aliphatic heterocycles. The van der Waals surface area contributed by atoms with Crippen LogP contribution in [0, 0.1) is 5.82 Å². The predicted octanol–water partition coefficient (Wildman–Crippen LogP) is 1.86. The predicted molar refractivity (Wildman–Crippen MR) is 50.0 cm³/mol. The van der Waals surface area contributed by atoms with Gasteiger partial charge in [0.15, 0.2) is 0 Å². The summed E-state index contributed by atoms with van der Waals surface area (Å²) >= 11 is 5.54. The molecule has 3 N–H and O–H groups in total. The molecule has 2 unspecified atom stereocenters. The molecule has 72 valence electrons. The van der Waals surface area contributed by atoms with Gasteiger partial charge in [0.05, 0.1) is 11.1 Å². The lowest BCUT2D eigenvalue weighted by Crippen LogP contribution is -2.25. The maximum atomic E-state index is 13.3. The van der Waals surface area contributed by atoms with E-state index in [2.05, 4.69) is 0 Å². The molecular formula is C9H11ClFNO. The Bertz CT molecular complexity index is 304. The van der Waals surface area contributed by atoms with E-state index in [-0.39, 0.29) is 10.6 Å². The van der Waals surface area contributed by atoms with Crippen LogP contribution in [0.3, 0.4) is 0 Å². The highest BCUT2D eigenvalue weighted by Gasteiger charge is 2.17. The second-order valence-electron chi connectivity index (χ2n) is 2.95. The second-order valence-corrected chi connectivity index (χ2v) is 3.35. The fraction of sp³-hybridized carbons (Fsp3) is 0.333. The number of aliphatic hydroxyl groups excluding tert-OH is 1. The van der Waals surface area contributed by atoms with Gasteiger partial charge in [-0.3, -0.25) is 0 Å². The molecule has 0 saturated heterocycles. The van der Waals surface area contributed by atoms with Crippen LogP contribution < -0.4 is 5.73 Å². The lowest BCUT2D eigenvalue weighted by atomic mass is 10.0. The van der Waals surface area contributed by atoms with Gasteiger partial charge >= 0.3 is 0 Å². The van der Waals surface area contributed by atoms with Crippen molar-refractivity contribution >= 4 is 11.6 Å². The molecular weight excluding hydrogens is 193 g/mol. The third-order valence-electron chi connectivity index (χ3n) is 1.80. The van der Waals surface area contributed by atoms with E-state index in [1.54, 1.807) is 13.0 Å². The molecule has 0 bridgehead atoms. The van der Waals surface area contributed by atoms with E-state index in [1.165, 1.54) is 12.1 Å². The summed E-state index contributed by atoms with van der Waals surface area (Å²) in [6.45, 7) is 1.60. The van der Waals surface area contributed by atoms with Crippen molar-refractivity contribution in [2.45, 2.75) is 19.1 Å². The maximum absolute atomic E-state index is 13.3. The first-order valence-electron chi connectivity index (χ1n) is 3.91. The van der Waals surface area contributed by atoms with Crippen LogP contribution in [-0.2, 0) is 0 Å². The highest BCUT2D eigenvalue weighted by atomic mass is 35.5. The van der Waals surface area contributed by atoms with Crippen LogP contribution in [0.25, 0.3) is 0 Å². The molecule has 0 heterocycles. The molecule has 2 nitrogen and oxygen atoms in total. The molecule has 0 aromatic heterocycles. The van der Waals surface area contributed by atoms with E-state index in [9.17, 15) is 9.50 Å². The zero-order valence-corrected chi connectivity index (χ0v) is 7.92. The topological polar surface area (TPSA) is 46.2 Å². The number of benzene rings is 1. The Morgan fingerprint density at radius 3 is 2.69 bits per heavy atom. The molecule has 2 atom stereocenters. The largest absolute Gasteiger partial charge is 0.387 e. The van der Waals surface area contributed by atoms with Gasteiger partial charge in [0, 0.05) is 11.6 Å². The molecule has 0 aliphatic rings. The van der Waals surface area contributed by atoms with Crippen molar-refractivity contribution in [1.82, 2.24) is 0 Å². The van der Waals surface area contributed by atoms with Crippen molar-refractivity contribution < 1.29 is 9.50 Å². The molecule has 0 radical (unpaired) electrons. The van der Waals surface area contributed by atoms with Gasteiger partial charge in [-0.1, -0.05) is 23.7 Å². The van der Waals surface area contributed by atoms with Crippen LogP contribution in [0.4, 0.5) is 4.39 Å². The van der Waals surface area contributed by atoms with Gasteiger partial charge in [0.1, 0.15) is 5.82 Å².